The second-order valence-corrected chi connectivity index (χ2v) is 11.8. The second kappa shape index (κ2) is 28.6. The van der Waals surface area contributed by atoms with Gasteiger partial charge in [-0.25, -0.2) is 4.57 Å². The number of allylic oxidation sites excluding steroid dienone is 4. The average Bonchev–Trinajstić information content (AvgIpc) is 2.95. The normalized spacial score (nSPS) is 14.0. The van der Waals surface area contributed by atoms with Crippen LogP contribution in [-0.2, 0) is 32.7 Å². The molecule has 0 spiro atoms. The maximum atomic E-state index is 12.4. The maximum absolute atomic E-state index is 12.4. The molecule has 0 rings (SSSR count). The van der Waals surface area contributed by atoms with Gasteiger partial charge in [0.1, 0.15) is 6.61 Å². The van der Waals surface area contributed by atoms with E-state index in [1.54, 1.807) is 0 Å². The van der Waals surface area contributed by atoms with Crippen molar-refractivity contribution in [2.75, 3.05) is 26.4 Å². The van der Waals surface area contributed by atoms with Crippen LogP contribution in [0, 0.1) is 0 Å². The fourth-order valence-corrected chi connectivity index (χ4v) is 4.71. The van der Waals surface area contributed by atoms with Crippen molar-refractivity contribution in [3.05, 3.63) is 24.3 Å². The topological polar surface area (TPSA) is 134 Å². The van der Waals surface area contributed by atoms with E-state index in [1.165, 1.54) is 19.3 Å². The number of rotatable bonds is 29. The van der Waals surface area contributed by atoms with Crippen LogP contribution in [0.15, 0.2) is 24.3 Å². The molecule has 10 heteroatoms. The van der Waals surface area contributed by atoms with Crippen molar-refractivity contribution in [2.24, 2.45) is 5.73 Å². The predicted octanol–water partition coefficient (Wildman–Crippen LogP) is 7.71. The summed E-state index contributed by atoms with van der Waals surface area (Å²) in [5.41, 5.74) is 5.29. The summed E-state index contributed by atoms with van der Waals surface area (Å²) in [6.45, 7) is 3.57. The molecular formula is C31H58NO8P. The summed E-state index contributed by atoms with van der Waals surface area (Å²) in [7, 11) is -4.36. The van der Waals surface area contributed by atoms with E-state index < -0.39 is 32.5 Å². The second-order valence-electron chi connectivity index (χ2n) is 10.3. The van der Waals surface area contributed by atoms with Gasteiger partial charge in [0.2, 0.25) is 0 Å². The molecule has 0 saturated carbocycles. The molecule has 0 fully saturated rings. The van der Waals surface area contributed by atoms with E-state index in [9.17, 15) is 19.0 Å². The van der Waals surface area contributed by atoms with Crippen LogP contribution in [0.5, 0.6) is 0 Å². The molecule has 2 atom stereocenters. The van der Waals surface area contributed by atoms with Crippen molar-refractivity contribution in [3.8, 4) is 0 Å². The summed E-state index contributed by atoms with van der Waals surface area (Å²) >= 11 is 0. The zero-order valence-corrected chi connectivity index (χ0v) is 26.7. The molecule has 2 unspecified atom stereocenters. The number of unbranched alkanes of at least 4 members (excludes halogenated alkanes) is 12. The Kier molecular flexibility index (Phi) is 27.5. The number of ether oxygens (including phenoxy) is 2. The minimum absolute atomic E-state index is 0.0515. The molecule has 0 bridgehead atoms. The van der Waals surface area contributed by atoms with Crippen LogP contribution in [0.1, 0.15) is 129 Å². The van der Waals surface area contributed by atoms with Crippen LogP contribution < -0.4 is 5.73 Å². The largest absolute Gasteiger partial charge is 0.472 e. The highest BCUT2D eigenvalue weighted by Crippen LogP contribution is 2.43. The van der Waals surface area contributed by atoms with Gasteiger partial charge in [-0.2, -0.15) is 0 Å². The third-order valence-corrected chi connectivity index (χ3v) is 7.32. The molecule has 0 aromatic carbocycles. The highest BCUT2D eigenvalue weighted by molar-refractivity contribution is 7.47. The van der Waals surface area contributed by atoms with Crippen molar-refractivity contribution < 1.29 is 37.6 Å². The van der Waals surface area contributed by atoms with Gasteiger partial charge in [-0.05, 0) is 38.5 Å². The highest BCUT2D eigenvalue weighted by atomic mass is 31.2. The lowest BCUT2D eigenvalue weighted by Gasteiger charge is -2.19. The van der Waals surface area contributed by atoms with E-state index in [2.05, 4.69) is 38.2 Å². The Hall–Kier alpha value is -1.51. The van der Waals surface area contributed by atoms with Gasteiger partial charge in [-0.15, -0.1) is 0 Å². The summed E-state index contributed by atoms with van der Waals surface area (Å²) in [6, 6.07) is 0. The van der Waals surface area contributed by atoms with Crippen molar-refractivity contribution >= 4 is 19.8 Å². The SMILES string of the molecule is CCCC/C=C\C/C=C\CCCCCCCC(=O)OC(COC(=O)CCCCCCCC)COP(=O)(O)OCCN. The molecule has 0 aromatic heterocycles. The van der Waals surface area contributed by atoms with Crippen molar-refractivity contribution in [1.29, 1.82) is 0 Å². The van der Waals surface area contributed by atoms with Crippen LogP contribution >= 0.6 is 7.82 Å². The Morgan fingerprint density at radius 2 is 1.29 bits per heavy atom. The Bertz CT molecular complexity index is 744. The molecule has 0 aliphatic heterocycles. The van der Waals surface area contributed by atoms with E-state index in [-0.39, 0.29) is 32.6 Å². The number of phosphoric ester groups is 1. The van der Waals surface area contributed by atoms with Gasteiger partial charge in [-0.3, -0.25) is 18.6 Å². The third-order valence-electron chi connectivity index (χ3n) is 6.34. The molecule has 0 amide bonds. The van der Waals surface area contributed by atoms with Gasteiger partial charge >= 0.3 is 19.8 Å². The minimum Gasteiger partial charge on any atom is -0.462 e. The standard InChI is InChI=1S/C31H58NO8P/c1-3-5-7-9-11-12-13-14-15-16-17-18-20-22-24-31(34)40-29(28-39-41(35,36)38-26-25-32)27-37-30(33)23-21-19-10-8-6-4-2/h9,11,13-14,29H,3-8,10,12,15-28,32H2,1-2H3,(H,35,36)/b11-9-,14-13-. The molecular weight excluding hydrogens is 545 g/mol. The molecule has 0 heterocycles. The maximum Gasteiger partial charge on any atom is 0.472 e. The van der Waals surface area contributed by atoms with Gasteiger partial charge in [-0.1, -0.05) is 102 Å². The Morgan fingerprint density at radius 1 is 0.732 bits per heavy atom. The molecule has 0 aliphatic carbocycles. The first-order chi connectivity index (χ1) is 19.8. The van der Waals surface area contributed by atoms with Crippen LogP contribution in [0.2, 0.25) is 0 Å². The van der Waals surface area contributed by atoms with E-state index in [0.29, 0.717) is 6.42 Å². The number of hydrogen-bond donors (Lipinski definition) is 2. The van der Waals surface area contributed by atoms with E-state index in [0.717, 1.165) is 77.0 Å². The lowest BCUT2D eigenvalue weighted by molar-refractivity contribution is -0.161. The lowest BCUT2D eigenvalue weighted by Crippen LogP contribution is -2.29. The Labute approximate surface area is 249 Å². The summed E-state index contributed by atoms with van der Waals surface area (Å²) in [4.78, 5) is 34.3. The quantitative estimate of drug-likeness (QED) is 0.0381. The first-order valence-electron chi connectivity index (χ1n) is 15.8. The molecule has 0 radical (unpaired) electrons. The molecule has 3 N–H and O–H groups in total. The number of nitrogens with two attached hydrogens (primary N) is 1. The number of carbonyl (C=O) groups is 2. The number of hydrogen-bond acceptors (Lipinski definition) is 8. The summed E-state index contributed by atoms with van der Waals surface area (Å²) < 4.78 is 32.3. The van der Waals surface area contributed by atoms with E-state index >= 15 is 0 Å². The van der Waals surface area contributed by atoms with Crippen LogP contribution in [0.25, 0.3) is 0 Å². The van der Waals surface area contributed by atoms with Gasteiger partial charge in [0.15, 0.2) is 6.10 Å². The van der Waals surface area contributed by atoms with Crippen LogP contribution in [0.4, 0.5) is 0 Å². The zero-order valence-electron chi connectivity index (χ0n) is 25.8. The smallest absolute Gasteiger partial charge is 0.462 e. The number of esters is 2. The molecule has 41 heavy (non-hydrogen) atoms. The minimum atomic E-state index is -4.36. The molecule has 240 valence electrons. The Morgan fingerprint density at radius 3 is 1.93 bits per heavy atom. The molecule has 9 nitrogen and oxygen atoms in total. The van der Waals surface area contributed by atoms with Crippen molar-refractivity contribution in [3.63, 3.8) is 0 Å². The summed E-state index contributed by atoms with van der Waals surface area (Å²) in [6.07, 6.45) is 25.2. The van der Waals surface area contributed by atoms with E-state index in [4.69, 9.17) is 24.3 Å². The molecule has 0 aromatic rings. The van der Waals surface area contributed by atoms with Gasteiger partial charge < -0.3 is 20.1 Å². The highest BCUT2D eigenvalue weighted by Gasteiger charge is 2.25. The fraction of sp³-hybridized carbons (Fsp3) is 0.806. The Balaban J connectivity index is 4.30. The predicted molar refractivity (Wildman–Crippen MR) is 164 cm³/mol. The van der Waals surface area contributed by atoms with Gasteiger partial charge in [0.25, 0.3) is 0 Å². The number of carbonyl (C=O) groups excluding carboxylic acids is 2. The van der Waals surface area contributed by atoms with Crippen molar-refractivity contribution in [2.45, 2.75) is 136 Å². The number of phosphoric acid groups is 1. The monoisotopic (exact) mass is 603 g/mol. The molecule has 0 saturated heterocycles. The average molecular weight is 604 g/mol. The third kappa shape index (κ3) is 28.4. The lowest BCUT2D eigenvalue weighted by atomic mass is 10.1. The first kappa shape index (κ1) is 39.5. The zero-order chi connectivity index (χ0) is 30.4. The first-order valence-corrected chi connectivity index (χ1v) is 17.3. The fourth-order valence-electron chi connectivity index (χ4n) is 3.94. The van der Waals surface area contributed by atoms with Crippen molar-refractivity contribution in [1.82, 2.24) is 0 Å². The summed E-state index contributed by atoms with van der Waals surface area (Å²) in [5, 5.41) is 0. The van der Waals surface area contributed by atoms with Gasteiger partial charge in [0, 0.05) is 19.4 Å². The van der Waals surface area contributed by atoms with Crippen LogP contribution in [-0.4, -0.2) is 49.3 Å². The van der Waals surface area contributed by atoms with Gasteiger partial charge in [0.05, 0.1) is 13.2 Å². The summed E-state index contributed by atoms with van der Waals surface area (Å²) in [5.74, 6) is -0.859. The van der Waals surface area contributed by atoms with E-state index in [1.807, 2.05) is 0 Å². The molecule has 0 aliphatic rings. The van der Waals surface area contributed by atoms with Crippen LogP contribution in [0.3, 0.4) is 0 Å².